The largest absolute Gasteiger partial charge is 0.322 e. The third-order valence-electron chi connectivity index (χ3n) is 6.03. The van der Waals surface area contributed by atoms with E-state index < -0.39 is 0 Å². The Morgan fingerprint density at radius 1 is 1.06 bits per heavy atom. The number of hydrogen-bond acceptors (Lipinski definition) is 3. The van der Waals surface area contributed by atoms with E-state index in [0.29, 0.717) is 29.8 Å². The van der Waals surface area contributed by atoms with Crippen molar-refractivity contribution in [1.29, 1.82) is 0 Å². The molecule has 1 N–H and O–H groups in total. The number of hydrogen-bond donors (Lipinski definition) is 1. The third kappa shape index (κ3) is 4.85. The van der Waals surface area contributed by atoms with Gasteiger partial charge in [0.2, 0.25) is 0 Å². The third-order valence-corrected chi connectivity index (χ3v) is 6.03. The van der Waals surface area contributed by atoms with Gasteiger partial charge < -0.3 is 10.2 Å². The zero-order valence-electron chi connectivity index (χ0n) is 19.8. The molecule has 0 aliphatic heterocycles. The average molecular weight is 435 g/mol. The van der Waals surface area contributed by atoms with Crippen LogP contribution in [0.5, 0.6) is 0 Å². The van der Waals surface area contributed by atoms with Crippen molar-refractivity contribution in [3.05, 3.63) is 69.8 Å². The Labute approximate surface area is 190 Å². The highest BCUT2D eigenvalue weighted by Crippen LogP contribution is 2.24. The number of para-hydroxylation sites is 2. The zero-order valence-corrected chi connectivity index (χ0v) is 19.8. The van der Waals surface area contributed by atoms with Gasteiger partial charge in [-0.1, -0.05) is 50.1 Å². The molecule has 32 heavy (non-hydrogen) atoms. The number of carbonyl (C=O) groups is 1. The summed E-state index contributed by atoms with van der Waals surface area (Å²) in [5, 5.41) is 3.72. The number of nitrogens with zero attached hydrogens (tertiary/aromatic N) is 3. The Morgan fingerprint density at radius 3 is 2.41 bits per heavy atom. The molecule has 170 valence electrons. The van der Waals surface area contributed by atoms with Gasteiger partial charge >= 0.3 is 6.03 Å². The minimum atomic E-state index is -0.353. The minimum Gasteiger partial charge on any atom is -0.315 e. The van der Waals surface area contributed by atoms with Crippen LogP contribution in [0.3, 0.4) is 0 Å². The Balaban J connectivity index is 2.01. The Morgan fingerprint density at radius 2 is 1.75 bits per heavy atom. The standard InChI is InChI=1S/C26H34N4O2/c1-6-8-11-17-30(26(32)28-23-18(3)13-12-14-19(23)4)20(5)24-27-22-16-10-9-15-21(22)25(31)29(24)7-2/h9-10,12-16,20H,6-8,11,17H2,1-5H3,(H,28,32). The molecule has 1 unspecified atom stereocenters. The SMILES string of the molecule is CCCCCN(C(=O)Nc1c(C)cccc1C)C(C)c1nc2ccccc2c(=O)n1CC. The molecule has 3 aromatic rings. The van der Waals surface area contributed by atoms with Gasteiger partial charge in [0.1, 0.15) is 5.82 Å². The molecule has 0 saturated carbocycles. The maximum absolute atomic E-state index is 13.5. The summed E-state index contributed by atoms with van der Waals surface area (Å²) in [7, 11) is 0. The number of aryl methyl sites for hydroxylation is 2. The maximum Gasteiger partial charge on any atom is 0.322 e. The Bertz CT molecular complexity index is 1130. The summed E-state index contributed by atoms with van der Waals surface area (Å²) in [4.78, 5) is 33.2. The van der Waals surface area contributed by atoms with Crippen molar-refractivity contribution < 1.29 is 4.79 Å². The van der Waals surface area contributed by atoms with E-state index >= 15 is 0 Å². The highest BCUT2D eigenvalue weighted by molar-refractivity contribution is 5.91. The summed E-state index contributed by atoms with van der Waals surface area (Å²) in [5.74, 6) is 0.615. The van der Waals surface area contributed by atoms with Crippen LogP contribution in [0.4, 0.5) is 10.5 Å². The summed E-state index contributed by atoms with van der Waals surface area (Å²) in [6, 6.07) is 12.8. The molecule has 2 aromatic carbocycles. The second-order valence-electron chi connectivity index (χ2n) is 8.31. The van der Waals surface area contributed by atoms with Crippen LogP contribution < -0.4 is 10.9 Å². The van der Waals surface area contributed by atoms with Crippen molar-refractivity contribution in [3.8, 4) is 0 Å². The first-order chi connectivity index (χ1) is 15.4. The van der Waals surface area contributed by atoms with E-state index in [9.17, 15) is 9.59 Å². The summed E-state index contributed by atoms with van der Waals surface area (Å²) in [6.07, 6.45) is 2.99. The van der Waals surface area contributed by atoms with Crippen LogP contribution in [-0.2, 0) is 6.54 Å². The van der Waals surface area contributed by atoms with Gasteiger partial charge in [-0.15, -0.1) is 0 Å². The van der Waals surface area contributed by atoms with Crippen LogP contribution in [0, 0.1) is 13.8 Å². The van der Waals surface area contributed by atoms with Crippen LogP contribution >= 0.6 is 0 Å². The molecule has 1 heterocycles. The summed E-state index contributed by atoms with van der Waals surface area (Å²) in [5.41, 5.74) is 3.48. The highest BCUT2D eigenvalue weighted by atomic mass is 16.2. The van der Waals surface area contributed by atoms with Gasteiger partial charge in [0.25, 0.3) is 5.56 Å². The van der Waals surface area contributed by atoms with Crippen molar-refractivity contribution in [2.45, 2.75) is 66.5 Å². The van der Waals surface area contributed by atoms with Gasteiger partial charge in [0, 0.05) is 18.8 Å². The van der Waals surface area contributed by atoms with Crippen molar-refractivity contribution in [1.82, 2.24) is 14.5 Å². The lowest BCUT2D eigenvalue weighted by molar-refractivity contribution is 0.186. The monoisotopic (exact) mass is 434 g/mol. The molecule has 0 aliphatic carbocycles. The lowest BCUT2D eigenvalue weighted by atomic mass is 10.1. The van der Waals surface area contributed by atoms with Gasteiger partial charge in [-0.3, -0.25) is 9.36 Å². The molecule has 0 bridgehead atoms. The fraction of sp³-hybridized carbons (Fsp3) is 0.423. The fourth-order valence-corrected chi connectivity index (χ4v) is 4.14. The number of benzene rings is 2. The van der Waals surface area contributed by atoms with E-state index in [0.717, 1.165) is 36.1 Å². The van der Waals surface area contributed by atoms with E-state index in [1.54, 1.807) is 10.6 Å². The van der Waals surface area contributed by atoms with Gasteiger partial charge in [-0.05, 0) is 57.4 Å². The maximum atomic E-state index is 13.5. The number of fused-ring (bicyclic) bond motifs is 1. The van der Waals surface area contributed by atoms with Gasteiger partial charge in [-0.25, -0.2) is 9.78 Å². The van der Waals surface area contributed by atoms with Crippen molar-refractivity contribution >= 4 is 22.6 Å². The topological polar surface area (TPSA) is 67.2 Å². The quantitative estimate of drug-likeness (QED) is 0.454. The molecule has 0 saturated heterocycles. The van der Waals surface area contributed by atoms with Crippen LogP contribution in [0.25, 0.3) is 10.9 Å². The molecular weight excluding hydrogens is 400 g/mol. The number of unbranched alkanes of at least 4 members (excludes halogenated alkanes) is 2. The lowest BCUT2D eigenvalue weighted by Gasteiger charge is -2.31. The van der Waals surface area contributed by atoms with E-state index in [2.05, 4.69) is 12.2 Å². The average Bonchev–Trinajstić information content (AvgIpc) is 2.78. The Kier molecular flexibility index (Phi) is 7.67. The number of nitrogens with one attached hydrogen (secondary N) is 1. The summed E-state index contributed by atoms with van der Waals surface area (Å²) >= 11 is 0. The second-order valence-corrected chi connectivity index (χ2v) is 8.31. The molecule has 0 aliphatic rings. The molecule has 0 fully saturated rings. The minimum absolute atomic E-state index is 0.0661. The smallest absolute Gasteiger partial charge is 0.315 e. The normalized spacial score (nSPS) is 12.0. The summed E-state index contributed by atoms with van der Waals surface area (Å²) in [6.45, 7) is 11.1. The van der Waals surface area contributed by atoms with Gasteiger partial charge in [-0.2, -0.15) is 0 Å². The van der Waals surface area contributed by atoms with Crippen LogP contribution in [-0.4, -0.2) is 27.0 Å². The summed E-state index contributed by atoms with van der Waals surface area (Å²) < 4.78 is 1.69. The second kappa shape index (κ2) is 10.4. The molecule has 0 radical (unpaired) electrons. The number of rotatable bonds is 8. The van der Waals surface area contributed by atoms with E-state index in [-0.39, 0.29) is 17.6 Å². The fourth-order valence-electron chi connectivity index (χ4n) is 4.14. The van der Waals surface area contributed by atoms with Crippen LogP contribution in [0.1, 0.15) is 63.0 Å². The number of anilines is 1. The Hall–Kier alpha value is -3.15. The first kappa shape index (κ1) is 23.5. The number of amides is 2. The number of aromatic nitrogens is 2. The molecule has 2 amide bonds. The first-order valence-electron chi connectivity index (χ1n) is 11.5. The van der Waals surface area contributed by atoms with E-state index in [4.69, 9.17) is 4.98 Å². The van der Waals surface area contributed by atoms with Crippen molar-refractivity contribution in [3.63, 3.8) is 0 Å². The molecule has 0 spiro atoms. The van der Waals surface area contributed by atoms with Crippen LogP contribution in [0.2, 0.25) is 0 Å². The van der Waals surface area contributed by atoms with Crippen molar-refractivity contribution in [2.24, 2.45) is 0 Å². The molecule has 1 atom stereocenters. The molecular formula is C26H34N4O2. The highest BCUT2D eigenvalue weighted by Gasteiger charge is 2.26. The molecule has 6 nitrogen and oxygen atoms in total. The molecule has 1 aromatic heterocycles. The zero-order chi connectivity index (χ0) is 23.3. The predicted molar refractivity (Wildman–Crippen MR) is 131 cm³/mol. The van der Waals surface area contributed by atoms with Crippen LogP contribution in [0.15, 0.2) is 47.3 Å². The lowest BCUT2D eigenvalue weighted by Crippen LogP contribution is -2.40. The van der Waals surface area contributed by atoms with E-state index in [1.807, 2.05) is 69.0 Å². The predicted octanol–water partition coefficient (Wildman–Crippen LogP) is 5.82. The van der Waals surface area contributed by atoms with Gasteiger partial charge in [0.15, 0.2) is 0 Å². The number of carbonyl (C=O) groups excluding carboxylic acids is 1. The number of urea groups is 1. The first-order valence-corrected chi connectivity index (χ1v) is 11.5. The molecule has 3 rings (SSSR count). The van der Waals surface area contributed by atoms with E-state index in [1.165, 1.54) is 0 Å². The van der Waals surface area contributed by atoms with Gasteiger partial charge in [0.05, 0.1) is 16.9 Å². The van der Waals surface area contributed by atoms with Crippen molar-refractivity contribution in [2.75, 3.05) is 11.9 Å². The molecule has 6 heteroatoms.